The average Bonchev–Trinajstić information content (AvgIpc) is 3.06. The predicted octanol–water partition coefficient (Wildman–Crippen LogP) is 6.58. The first kappa shape index (κ1) is 26.9. The van der Waals surface area contributed by atoms with Gasteiger partial charge >= 0.3 is 5.97 Å². The molecule has 0 aliphatic carbocycles. The fraction of sp³-hybridized carbons (Fsp3) is 0.760. The highest BCUT2D eigenvalue weighted by atomic mass is 28.4. The fourth-order valence-electron chi connectivity index (χ4n) is 3.86. The van der Waals surface area contributed by atoms with Crippen LogP contribution in [-0.2, 0) is 18.7 Å². The summed E-state index contributed by atoms with van der Waals surface area (Å²) in [4.78, 5) is 12.0. The van der Waals surface area contributed by atoms with Crippen LogP contribution in [0.25, 0.3) is 0 Å². The first-order chi connectivity index (χ1) is 14.0. The maximum absolute atomic E-state index is 12.0. The summed E-state index contributed by atoms with van der Waals surface area (Å²) in [5, 5.41) is 0. The lowest BCUT2D eigenvalue weighted by molar-refractivity contribution is -0.156. The topological polar surface area (TPSA) is 44.8 Å². The zero-order valence-electron chi connectivity index (χ0n) is 20.4. The Kier molecular flexibility index (Phi) is 10.8. The summed E-state index contributed by atoms with van der Waals surface area (Å²) in [6.07, 6.45) is 3.48. The highest BCUT2D eigenvalue weighted by molar-refractivity contribution is 6.73. The van der Waals surface area contributed by atoms with Gasteiger partial charge in [0.05, 0.1) is 17.6 Å². The van der Waals surface area contributed by atoms with Crippen molar-refractivity contribution in [2.24, 2.45) is 5.41 Å². The average molecular weight is 437 g/mol. The summed E-state index contributed by atoms with van der Waals surface area (Å²) in [6, 6.07) is 3.42. The number of esters is 1. The lowest BCUT2D eigenvalue weighted by atomic mass is 9.97. The van der Waals surface area contributed by atoms with Gasteiger partial charge in [-0.25, -0.2) is 0 Å². The normalized spacial score (nSPS) is 20.7. The molecule has 1 rings (SSSR count). The summed E-state index contributed by atoms with van der Waals surface area (Å²) in [7, 11) is -1.69. The van der Waals surface area contributed by atoms with Crippen molar-refractivity contribution in [2.75, 3.05) is 6.61 Å². The Morgan fingerprint density at radius 2 is 1.87 bits per heavy atom. The molecule has 172 valence electrons. The van der Waals surface area contributed by atoms with Gasteiger partial charge in [0.15, 0.2) is 8.32 Å². The van der Waals surface area contributed by atoms with Crippen LogP contribution >= 0.6 is 0 Å². The van der Waals surface area contributed by atoms with E-state index < -0.39 is 13.7 Å². The molecule has 0 N–H and O–H groups in total. The molecule has 1 heterocycles. The van der Waals surface area contributed by atoms with Crippen LogP contribution in [0.3, 0.4) is 0 Å². The third kappa shape index (κ3) is 8.18. The molecular formula is C25H44O4Si. The van der Waals surface area contributed by atoms with Gasteiger partial charge in [0.1, 0.15) is 6.61 Å². The number of hydrogen-bond acceptors (Lipinski definition) is 4. The van der Waals surface area contributed by atoms with Gasteiger partial charge in [0.2, 0.25) is 0 Å². The Morgan fingerprint density at radius 3 is 2.37 bits per heavy atom. The van der Waals surface area contributed by atoms with Gasteiger partial charge in [-0.2, -0.15) is 0 Å². The van der Waals surface area contributed by atoms with Crippen molar-refractivity contribution in [1.82, 2.24) is 0 Å². The number of carbonyl (C=O) groups is 1. The molecule has 0 aromatic carbocycles. The van der Waals surface area contributed by atoms with E-state index in [1.54, 1.807) is 0 Å². The van der Waals surface area contributed by atoms with E-state index in [1.165, 1.54) is 0 Å². The maximum Gasteiger partial charge on any atom is 0.311 e. The van der Waals surface area contributed by atoms with Gasteiger partial charge in [-0.15, -0.1) is 5.73 Å². The third-order valence-electron chi connectivity index (χ3n) is 6.25. The van der Waals surface area contributed by atoms with E-state index in [4.69, 9.17) is 13.9 Å². The van der Waals surface area contributed by atoms with Gasteiger partial charge in [-0.3, -0.25) is 4.79 Å². The molecule has 0 spiro atoms. The van der Waals surface area contributed by atoms with Crippen LogP contribution in [-0.4, -0.2) is 39.2 Å². The minimum Gasteiger partial charge on any atom is -0.463 e. The number of carbonyl (C=O) groups excluding carboxylic acids is 1. The molecule has 1 saturated heterocycles. The maximum atomic E-state index is 12.0. The Labute approximate surface area is 185 Å². The Hall–Kier alpha value is -1.13. The molecule has 5 heteroatoms. The van der Waals surface area contributed by atoms with E-state index in [0.29, 0.717) is 6.61 Å². The molecule has 4 nitrogen and oxygen atoms in total. The van der Waals surface area contributed by atoms with Gasteiger partial charge in [0, 0.05) is 18.9 Å². The van der Waals surface area contributed by atoms with E-state index in [9.17, 15) is 4.79 Å². The van der Waals surface area contributed by atoms with E-state index in [2.05, 4.69) is 46.6 Å². The first-order valence-electron chi connectivity index (χ1n) is 11.5. The zero-order chi connectivity index (χ0) is 22.9. The largest absolute Gasteiger partial charge is 0.463 e. The van der Waals surface area contributed by atoms with Crippen LogP contribution in [0.2, 0.25) is 18.1 Å². The molecule has 0 bridgehead atoms. The molecule has 0 saturated carbocycles. The summed E-state index contributed by atoms with van der Waals surface area (Å²) in [6.45, 7) is 22.7. The number of rotatable bonds is 12. The van der Waals surface area contributed by atoms with Crippen molar-refractivity contribution in [3.63, 3.8) is 0 Å². The molecule has 1 unspecified atom stereocenters. The molecule has 1 aliphatic heterocycles. The molecule has 0 radical (unpaired) electrons. The van der Waals surface area contributed by atoms with Gasteiger partial charge in [-0.05, 0) is 69.8 Å². The lowest BCUT2D eigenvalue weighted by Gasteiger charge is -2.34. The van der Waals surface area contributed by atoms with E-state index in [-0.39, 0.29) is 24.3 Å². The van der Waals surface area contributed by atoms with Crippen molar-refractivity contribution in [3.05, 3.63) is 30.0 Å². The molecule has 0 aromatic heterocycles. The third-order valence-corrected chi connectivity index (χ3v) is 11.0. The summed E-state index contributed by atoms with van der Waals surface area (Å²) >= 11 is 0. The minimum absolute atomic E-state index is 0.00315. The van der Waals surface area contributed by atoms with E-state index >= 15 is 0 Å². The highest BCUT2D eigenvalue weighted by Gasteiger charge is 2.34. The van der Waals surface area contributed by atoms with Crippen molar-refractivity contribution < 1.29 is 18.7 Å². The SMILES string of the molecule is C=C=C(C)C[C@H](CCC1O[C@@H](COC(=O)C(C)(C)C)CC1=C)O[Si](CC)(CC)CC. The summed E-state index contributed by atoms with van der Waals surface area (Å²) in [5.74, 6) is -0.194. The molecule has 0 amide bonds. The molecule has 3 atom stereocenters. The van der Waals surface area contributed by atoms with Crippen LogP contribution in [0.5, 0.6) is 0 Å². The van der Waals surface area contributed by atoms with Crippen LogP contribution in [0.1, 0.15) is 74.1 Å². The standard InChI is InChI=1S/C25H44O4Si/c1-10-19(5)16-21(29-30(11-2,12-3)13-4)14-15-23-20(6)17-22(28-23)18-27-24(26)25(7,8)9/h21-23H,1,6,11-18H2,2-5,7-9H3/t21-,22+,23?/m0/s1. The van der Waals surface area contributed by atoms with Crippen molar-refractivity contribution >= 4 is 14.3 Å². The molecule has 0 aromatic rings. The summed E-state index contributed by atoms with van der Waals surface area (Å²) in [5.41, 5.74) is 4.76. The summed E-state index contributed by atoms with van der Waals surface area (Å²) < 4.78 is 18.4. The van der Waals surface area contributed by atoms with Crippen LogP contribution in [0.15, 0.2) is 30.0 Å². The van der Waals surface area contributed by atoms with Crippen LogP contribution in [0, 0.1) is 5.41 Å². The molecular weight excluding hydrogens is 392 g/mol. The quantitative estimate of drug-likeness (QED) is 0.150. The van der Waals surface area contributed by atoms with Crippen molar-refractivity contribution in [1.29, 1.82) is 0 Å². The molecule has 1 fully saturated rings. The first-order valence-corrected chi connectivity index (χ1v) is 14.1. The van der Waals surface area contributed by atoms with Crippen LogP contribution in [0.4, 0.5) is 0 Å². The molecule has 30 heavy (non-hydrogen) atoms. The fourth-order valence-corrected chi connectivity index (χ4v) is 6.77. The number of ether oxygens (including phenoxy) is 2. The van der Waals surface area contributed by atoms with Gasteiger partial charge in [0.25, 0.3) is 0 Å². The second-order valence-corrected chi connectivity index (χ2v) is 14.4. The van der Waals surface area contributed by atoms with Gasteiger partial charge < -0.3 is 13.9 Å². The minimum atomic E-state index is -1.69. The smallest absolute Gasteiger partial charge is 0.311 e. The van der Waals surface area contributed by atoms with Gasteiger partial charge in [-0.1, -0.05) is 33.9 Å². The Bertz CT molecular complexity index is 615. The second kappa shape index (κ2) is 12.0. The molecule has 1 aliphatic rings. The van der Waals surface area contributed by atoms with E-state index in [0.717, 1.165) is 55.0 Å². The predicted molar refractivity (Wildman–Crippen MR) is 127 cm³/mol. The second-order valence-electron chi connectivity index (χ2n) is 9.68. The number of hydrogen-bond donors (Lipinski definition) is 0. The van der Waals surface area contributed by atoms with E-state index in [1.807, 2.05) is 20.8 Å². The van der Waals surface area contributed by atoms with Crippen LogP contribution < -0.4 is 0 Å². The van der Waals surface area contributed by atoms with Crippen molar-refractivity contribution in [2.45, 2.75) is 111 Å². The lowest BCUT2D eigenvalue weighted by Crippen LogP contribution is -2.40. The highest BCUT2D eigenvalue weighted by Crippen LogP contribution is 2.32. The zero-order valence-corrected chi connectivity index (χ0v) is 21.4. The Morgan fingerprint density at radius 1 is 1.27 bits per heavy atom. The monoisotopic (exact) mass is 436 g/mol. The Balaban J connectivity index is 2.68. The van der Waals surface area contributed by atoms with Crippen molar-refractivity contribution in [3.8, 4) is 0 Å².